The van der Waals surface area contributed by atoms with Crippen molar-refractivity contribution in [1.82, 2.24) is 5.32 Å². The lowest BCUT2D eigenvalue weighted by molar-refractivity contribution is 0.163. The maximum absolute atomic E-state index is 5.58. The average Bonchev–Trinajstić information content (AvgIpc) is 2.34. The summed E-state index contributed by atoms with van der Waals surface area (Å²) in [6.45, 7) is 7.02. The van der Waals surface area contributed by atoms with E-state index >= 15 is 0 Å². The van der Waals surface area contributed by atoms with Crippen LogP contribution in [0.1, 0.15) is 26.7 Å². The van der Waals surface area contributed by atoms with Gasteiger partial charge in [-0.1, -0.05) is 19.4 Å². The number of hydrogen-bond acceptors (Lipinski definition) is 3. The van der Waals surface area contributed by atoms with Crippen molar-refractivity contribution in [1.29, 1.82) is 0 Å². The summed E-state index contributed by atoms with van der Waals surface area (Å²) in [6, 6.07) is 0. The number of allylic oxidation sites excluding steroid dienone is 1. The average molecular weight is 239 g/mol. The van der Waals surface area contributed by atoms with Crippen LogP contribution in [0.15, 0.2) is 24.0 Å². The molecular formula is C14H25NO2. The highest BCUT2D eigenvalue weighted by Crippen LogP contribution is 2.16. The van der Waals surface area contributed by atoms with E-state index in [2.05, 4.69) is 31.3 Å². The zero-order chi connectivity index (χ0) is 12.5. The summed E-state index contributed by atoms with van der Waals surface area (Å²) in [5, 5.41) is 3.39. The van der Waals surface area contributed by atoms with Crippen molar-refractivity contribution in [2.45, 2.75) is 32.8 Å². The molecule has 0 spiro atoms. The molecule has 0 bridgehead atoms. The topological polar surface area (TPSA) is 30.5 Å². The van der Waals surface area contributed by atoms with Crippen LogP contribution in [0, 0.1) is 5.92 Å². The Labute approximate surface area is 105 Å². The summed E-state index contributed by atoms with van der Waals surface area (Å²) in [4.78, 5) is 0. The Balaban J connectivity index is 2.40. The van der Waals surface area contributed by atoms with Crippen molar-refractivity contribution >= 4 is 0 Å². The van der Waals surface area contributed by atoms with E-state index < -0.39 is 0 Å². The van der Waals surface area contributed by atoms with Gasteiger partial charge >= 0.3 is 0 Å². The van der Waals surface area contributed by atoms with Crippen LogP contribution in [0.3, 0.4) is 0 Å². The van der Waals surface area contributed by atoms with E-state index in [4.69, 9.17) is 9.47 Å². The van der Waals surface area contributed by atoms with E-state index in [-0.39, 0.29) is 6.10 Å². The first-order valence-corrected chi connectivity index (χ1v) is 6.44. The molecule has 1 atom stereocenters. The Hall–Kier alpha value is -0.800. The number of ether oxygens (including phenoxy) is 2. The molecule has 0 aromatic carbocycles. The summed E-state index contributed by atoms with van der Waals surface area (Å²) in [5.41, 5.74) is 1.42. The molecule has 98 valence electrons. The van der Waals surface area contributed by atoms with Gasteiger partial charge in [-0.3, -0.25) is 0 Å². The summed E-state index contributed by atoms with van der Waals surface area (Å²) >= 11 is 0. The first-order chi connectivity index (χ1) is 8.24. The number of hydrogen-bond donors (Lipinski definition) is 1. The van der Waals surface area contributed by atoms with Crippen molar-refractivity contribution in [3.63, 3.8) is 0 Å². The lowest BCUT2D eigenvalue weighted by Crippen LogP contribution is -2.24. The Morgan fingerprint density at radius 3 is 3.00 bits per heavy atom. The molecule has 1 N–H and O–H groups in total. The van der Waals surface area contributed by atoms with E-state index in [0.29, 0.717) is 5.92 Å². The van der Waals surface area contributed by atoms with Gasteiger partial charge in [0.15, 0.2) is 0 Å². The van der Waals surface area contributed by atoms with Gasteiger partial charge in [0.2, 0.25) is 0 Å². The summed E-state index contributed by atoms with van der Waals surface area (Å²) < 4.78 is 10.6. The molecule has 3 heteroatoms. The van der Waals surface area contributed by atoms with Gasteiger partial charge in [0.1, 0.15) is 6.10 Å². The fourth-order valence-electron chi connectivity index (χ4n) is 1.78. The smallest absolute Gasteiger partial charge is 0.117 e. The fraction of sp³-hybridized carbons (Fsp3) is 0.714. The van der Waals surface area contributed by atoms with E-state index in [0.717, 1.165) is 32.5 Å². The molecule has 0 fully saturated rings. The fourth-order valence-corrected chi connectivity index (χ4v) is 1.78. The molecule has 17 heavy (non-hydrogen) atoms. The lowest BCUT2D eigenvalue weighted by atomic mass is 9.99. The third-order valence-electron chi connectivity index (χ3n) is 2.92. The highest BCUT2D eigenvalue weighted by atomic mass is 16.5. The molecule has 0 saturated heterocycles. The molecule has 0 aromatic heterocycles. The quantitative estimate of drug-likeness (QED) is 0.547. The lowest BCUT2D eigenvalue weighted by Gasteiger charge is -2.20. The van der Waals surface area contributed by atoms with Crippen LogP contribution >= 0.6 is 0 Å². The Kier molecular flexibility index (Phi) is 6.97. The van der Waals surface area contributed by atoms with Crippen molar-refractivity contribution in [3.8, 4) is 0 Å². The summed E-state index contributed by atoms with van der Waals surface area (Å²) in [6.07, 6.45) is 8.63. The number of methoxy groups -OCH3 is 1. The third-order valence-corrected chi connectivity index (χ3v) is 2.92. The number of rotatable bonds is 7. The molecule has 0 radical (unpaired) electrons. The van der Waals surface area contributed by atoms with Crippen LogP contribution in [0.4, 0.5) is 0 Å². The maximum Gasteiger partial charge on any atom is 0.117 e. The zero-order valence-corrected chi connectivity index (χ0v) is 11.2. The van der Waals surface area contributed by atoms with E-state index in [1.54, 1.807) is 7.11 Å². The van der Waals surface area contributed by atoms with Crippen LogP contribution in [-0.2, 0) is 9.47 Å². The van der Waals surface area contributed by atoms with Crippen molar-refractivity contribution < 1.29 is 9.47 Å². The predicted molar refractivity (Wildman–Crippen MR) is 70.9 cm³/mol. The normalized spacial score (nSPS) is 20.7. The molecular weight excluding hydrogens is 214 g/mol. The highest BCUT2D eigenvalue weighted by Gasteiger charge is 2.11. The zero-order valence-electron chi connectivity index (χ0n) is 11.2. The van der Waals surface area contributed by atoms with Crippen LogP contribution in [0.5, 0.6) is 0 Å². The Morgan fingerprint density at radius 1 is 1.59 bits per heavy atom. The molecule has 0 saturated carbocycles. The second-order valence-electron chi connectivity index (χ2n) is 4.69. The Bertz CT molecular complexity index is 259. The van der Waals surface area contributed by atoms with E-state index in [1.165, 1.54) is 5.57 Å². The molecule has 0 aromatic rings. The van der Waals surface area contributed by atoms with Crippen molar-refractivity contribution in [2.75, 3.05) is 26.8 Å². The molecule has 0 aliphatic carbocycles. The first-order valence-electron chi connectivity index (χ1n) is 6.44. The molecule has 0 amide bonds. The van der Waals surface area contributed by atoms with Gasteiger partial charge in [-0.15, -0.1) is 0 Å². The van der Waals surface area contributed by atoms with Crippen LogP contribution < -0.4 is 5.32 Å². The summed E-state index contributed by atoms with van der Waals surface area (Å²) in [7, 11) is 1.73. The van der Waals surface area contributed by atoms with Crippen LogP contribution in [0.25, 0.3) is 0 Å². The van der Waals surface area contributed by atoms with Gasteiger partial charge in [0.25, 0.3) is 0 Å². The Morgan fingerprint density at radius 2 is 2.41 bits per heavy atom. The maximum atomic E-state index is 5.58. The SMILES string of the molecule is COCCNC/C(=C\C1CCC=CO1)C(C)C. The van der Waals surface area contributed by atoms with Gasteiger partial charge in [-0.05, 0) is 30.9 Å². The summed E-state index contributed by atoms with van der Waals surface area (Å²) in [5.74, 6) is 0.555. The minimum absolute atomic E-state index is 0.252. The molecule has 1 unspecified atom stereocenters. The molecule has 3 nitrogen and oxygen atoms in total. The minimum Gasteiger partial charge on any atom is -0.494 e. The third kappa shape index (κ3) is 5.89. The van der Waals surface area contributed by atoms with Gasteiger partial charge in [0.05, 0.1) is 12.9 Å². The molecule has 1 aliphatic heterocycles. The predicted octanol–water partition coefficient (Wildman–Crippen LogP) is 2.50. The van der Waals surface area contributed by atoms with E-state index in [1.807, 2.05) is 6.26 Å². The van der Waals surface area contributed by atoms with Gasteiger partial charge in [0, 0.05) is 20.2 Å². The van der Waals surface area contributed by atoms with Crippen LogP contribution in [-0.4, -0.2) is 32.9 Å². The standard InChI is InChI=1S/C14H25NO2/c1-12(2)13(11-15-7-9-16-3)10-14-6-4-5-8-17-14/h5,8,10,12,14-15H,4,6-7,9,11H2,1-3H3/b13-10+. The van der Waals surface area contributed by atoms with Crippen LogP contribution in [0.2, 0.25) is 0 Å². The monoisotopic (exact) mass is 239 g/mol. The highest BCUT2D eigenvalue weighted by molar-refractivity contribution is 5.11. The minimum atomic E-state index is 0.252. The van der Waals surface area contributed by atoms with Gasteiger partial charge in [-0.25, -0.2) is 0 Å². The van der Waals surface area contributed by atoms with Gasteiger partial charge in [-0.2, -0.15) is 0 Å². The molecule has 1 aliphatic rings. The first kappa shape index (κ1) is 14.3. The second-order valence-corrected chi connectivity index (χ2v) is 4.69. The van der Waals surface area contributed by atoms with Crippen molar-refractivity contribution in [2.24, 2.45) is 5.92 Å². The number of nitrogens with one attached hydrogen (secondary N) is 1. The largest absolute Gasteiger partial charge is 0.494 e. The second kappa shape index (κ2) is 8.31. The van der Waals surface area contributed by atoms with E-state index in [9.17, 15) is 0 Å². The van der Waals surface area contributed by atoms with Crippen molar-refractivity contribution in [3.05, 3.63) is 24.0 Å². The molecule has 1 heterocycles. The molecule has 1 rings (SSSR count). The van der Waals surface area contributed by atoms with Gasteiger partial charge < -0.3 is 14.8 Å².